The van der Waals surface area contributed by atoms with E-state index in [1.807, 2.05) is 60.7 Å². The van der Waals surface area contributed by atoms with Crippen molar-refractivity contribution in [1.29, 1.82) is 0 Å². The van der Waals surface area contributed by atoms with Gasteiger partial charge in [0, 0.05) is 0 Å². The van der Waals surface area contributed by atoms with Crippen molar-refractivity contribution in [2.45, 2.75) is 26.5 Å². The first-order valence-corrected chi connectivity index (χ1v) is 13.9. The number of carbonyl (C=O) groups is 1. The van der Waals surface area contributed by atoms with E-state index in [2.05, 4.69) is 4.99 Å². The van der Waals surface area contributed by atoms with Crippen LogP contribution in [0.5, 0.6) is 11.5 Å². The molecule has 1 atom stereocenters. The molecule has 0 amide bonds. The normalized spacial score (nSPS) is 14.6. The number of ether oxygens (including phenoxy) is 3. The molecule has 1 aliphatic rings. The van der Waals surface area contributed by atoms with Crippen molar-refractivity contribution in [3.63, 3.8) is 0 Å². The number of esters is 1. The highest BCUT2D eigenvalue weighted by Crippen LogP contribution is 2.36. The molecule has 1 aliphatic heterocycles. The fourth-order valence-electron chi connectivity index (χ4n) is 4.73. The Morgan fingerprint density at radius 3 is 2.43 bits per heavy atom. The number of aromatic nitrogens is 1. The van der Waals surface area contributed by atoms with Gasteiger partial charge < -0.3 is 14.2 Å². The fourth-order valence-corrected chi connectivity index (χ4v) is 5.77. The van der Waals surface area contributed by atoms with Gasteiger partial charge in [0.25, 0.3) is 11.2 Å². The van der Waals surface area contributed by atoms with Gasteiger partial charge in [0.05, 0.1) is 52.1 Å². The Hall–Kier alpha value is -5.03. The van der Waals surface area contributed by atoms with Crippen LogP contribution in [0.4, 0.5) is 5.69 Å². The summed E-state index contributed by atoms with van der Waals surface area (Å²) in [6, 6.07) is 20.5. The lowest BCUT2D eigenvalue weighted by molar-refractivity contribution is -0.385. The third-order valence-electron chi connectivity index (χ3n) is 6.67. The highest BCUT2D eigenvalue weighted by Gasteiger charge is 2.33. The van der Waals surface area contributed by atoms with E-state index in [9.17, 15) is 19.7 Å². The number of allylic oxidation sites excluding steroid dienone is 1. The van der Waals surface area contributed by atoms with Gasteiger partial charge in [0.2, 0.25) is 0 Å². The van der Waals surface area contributed by atoms with Crippen molar-refractivity contribution >= 4 is 29.1 Å². The van der Waals surface area contributed by atoms with Gasteiger partial charge in [-0.05, 0) is 37.1 Å². The number of thiazole rings is 1. The molecular weight excluding hydrogens is 558 g/mol. The van der Waals surface area contributed by atoms with Crippen LogP contribution in [0.25, 0.3) is 6.08 Å². The Balaban J connectivity index is 1.63. The van der Waals surface area contributed by atoms with Crippen molar-refractivity contribution in [3.05, 3.63) is 131 Å². The molecule has 0 spiro atoms. The quantitative estimate of drug-likeness (QED) is 0.163. The van der Waals surface area contributed by atoms with Crippen LogP contribution in [0.15, 0.2) is 93.9 Å². The average Bonchev–Trinajstić information content (AvgIpc) is 3.30. The largest absolute Gasteiger partial charge is 0.493 e. The Labute approximate surface area is 244 Å². The van der Waals surface area contributed by atoms with Gasteiger partial charge in [-0.2, -0.15) is 0 Å². The van der Waals surface area contributed by atoms with Crippen LogP contribution in [-0.4, -0.2) is 29.2 Å². The zero-order valence-corrected chi connectivity index (χ0v) is 23.9. The summed E-state index contributed by atoms with van der Waals surface area (Å²) in [7, 11) is 1.44. The molecule has 1 aromatic heterocycles. The second-order valence-electron chi connectivity index (χ2n) is 9.31. The summed E-state index contributed by atoms with van der Waals surface area (Å²) in [4.78, 5) is 43.4. The van der Waals surface area contributed by atoms with Gasteiger partial charge in [0.15, 0.2) is 16.3 Å². The summed E-state index contributed by atoms with van der Waals surface area (Å²) >= 11 is 1.08. The summed E-state index contributed by atoms with van der Waals surface area (Å²) in [5.41, 5.74) is 1.74. The first-order chi connectivity index (χ1) is 20.3. The van der Waals surface area contributed by atoms with E-state index in [1.165, 1.54) is 29.9 Å². The van der Waals surface area contributed by atoms with Crippen LogP contribution >= 0.6 is 11.3 Å². The number of benzene rings is 3. The van der Waals surface area contributed by atoms with E-state index >= 15 is 0 Å². The number of nitro benzene ring substituents is 1. The molecule has 3 aromatic carbocycles. The first-order valence-electron chi connectivity index (χ1n) is 13.1. The lowest BCUT2D eigenvalue weighted by atomic mass is 9.96. The van der Waals surface area contributed by atoms with Crippen molar-refractivity contribution in [2.24, 2.45) is 4.99 Å². The van der Waals surface area contributed by atoms with E-state index in [4.69, 9.17) is 14.2 Å². The molecule has 4 aromatic rings. The van der Waals surface area contributed by atoms with Gasteiger partial charge in [-0.15, -0.1) is 0 Å². The Kier molecular flexibility index (Phi) is 8.30. The van der Waals surface area contributed by atoms with E-state index in [-0.39, 0.29) is 46.1 Å². The van der Waals surface area contributed by atoms with Crippen molar-refractivity contribution in [3.8, 4) is 11.5 Å². The van der Waals surface area contributed by atoms with E-state index < -0.39 is 22.5 Å². The minimum Gasteiger partial charge on any atom is -0.493 e. The molecule has 0 radical (unpaired) electrons. The number of nitrogens with zero attached hydrogens (tertiary/aromatic N) is 3. The molecule has 0 saturated heterocycles. The lowest BCUT2D eigenvalue weighted by Crippen LogP contribution is -2.39. The first kappa shape index (κ1) is 28.5. The van der Waals surface area contributed by atoms with Gasteiger partial charge in [-0.1, -0.05) is 72.0 Å². The Morgan fingerprint density at radius 2 is 1.79 bits per heavy atom. The maximum absolute atomic E-state index is 13.9. The molecule has 10 nitrogen and oxygen atoms in total. The van der Waals surface area contributed by atoms with E-state index in [0.717, 1.165) is 16.9 Å². The fraction of sp³-hybridized carbons (Fsp3) is 0.194. The molecule has 5 rings (SSSR count). The maximum Gasteiger partial charge on any atom is 0.338 e. The summed E-state index contributed by atoms with van der Waals surface area (Å²) in [5, 5.41) is 12.1. The number of hydrogen-bond donors (Lipinski definition) is 0. The van der Waals surface area contributed by atoms with E-state index in [1.54, 1.807) is 13.8 Å². The van der Waals surface area contributed by atoms with Gasteiger partial charge in [-0.25, -0.2) is 9.79 Å². The molecule has 0 N–H and O–H groups in total. The molecule has 0 fully saturated rings. The third kappa shape index (κ3) is 5.59. The molecule has 214 valence electrons. The number of nitro groups is 1. The molecule has 0 saturated carbocycles. The molecule has 2 heterocycles. The van der Waals surface area contributed by atoms with Crippen LogP contribution in [0.3, 0.4) is 0 Å². The number of methoxy groups -OCH3 is 1. The van der Waals surface area contributed by atoms with Gasteiger partial charge >= 0.3 is 5.97 Å². The van der Waals surface area contributed by atoms with Gasteiger partial charge in [-0.3, -0.25) is 19.5 Å². The summed E-state index contributed by atoms with van der Waals surface area (Å²) in [6.45, 7) is 3.76. The molecular formula is C31H27N3O7S. The zero-order valence-electron chi connectivity index (χ0n) is 23.1. The standard InChI is InChI=1S/C31H27N3O7S/c1-4-40-30(36)27-19(2)32-31-33(28(27)21-13-9-6-10-14-21)29(35)26(42-31)16-22-15-24(39-3)25(17-23(22)34(37)38)41-18-20-11-7-5-8-12-20/h5-17,28H,4,18H2,1-3H3/b26-16-. The van der Waals surface area contributed by atoms with Crippen LogP contribution in [-0.2, 0) is 16.1 Å². The summed E-state index contributed by atoms with van der Waals surface area (Å²) < 4.78 is 18.3. The molecule has 11 heteroatoms. The molecule has 1 unspecified atom stereocenters. The smallest absolute Gasteiger partial charge is 0.338 e. The summed E-state index contributed by atoms with van der Waals surface area (Å²) in [6.07, 6.45) is 1.44. The van der Waals surface area contributed by atoms with E-state index in [0.29, 0.717) is 16.1 Å². The number of rotatable bonds is 9. The molecule has 0 bridgehead atoms. The van der Waals surface area contributed by atoms with Crippen LogP contribution in [0.1, 0.15) is 36.6 Å². The number of carbonyl (C=O) groups excluding carboxylic acids is 1. The van der Waals surface area contributed by atoms with Crippen LogP contribution in [0, 0.1) is 10.1 Å². The predicted octanol–water partition coefficient (Wildman–Crippen LogP) is 4.29. The Morgan fingerprint density at radius 1 is 1.10 bits per heavy atom. The topological polar surface area (TPSA) is 122 Å². The highest BCUT2D eigenvalue weighted by atomic mass is 32.1. The third-order valence-corrected chi connectivity index (χ3v) is 7.65. The molecule has 0 aliphatic carbocycles. The number of hydrogen-bond acceptors (Lipinski definition) is 9. The van der Waals surface area contributed by atoms with Crippen molar-refractivity contribution < 1.29 is 23.9 Å². The molecule has 42 heavy (non-hydrogen) atoms. The van der Waals surface area contributed by atoms with Gasteiger partial charge in [0.1, 0.15) is 6.61 Å². The second kappa shape index (κ2) is 12.2. The maximum atomic E-state index is 13.9. The minimum atomic E-state index is -0.776. The highest BCUT2D eigenvalue weighted by molar-refractivity contribution is 7.07. The predicted molar refractivity (Wildman–Crippen MR) is 157 cm³/mol. The Bertz CT molecular complexity index is 1860. The SMILES string of the molecule is CCOC(=O)C1=C(C)N=c2s/c(=C\c3cc(OC)c(OCc4ccccc4)cc3[N+](=O)[O-])c(=O)n2C1c1ccccc1. The average molecular weight is 586 g/mol. The second-order valence-corrected chi connectivity index (χ2v) is 10.3. The monoisotopic (exact) mass is 585 g/mol. The minimum absolute atomic E-state index is 0.159. The van der Waals surface area contributed by atoms with Crippen LogP contribution in [0.2, 0.25) is 0 Å². The number of fused-ring (bicyclic) bond motifs is 1. The van der Waals surface area contributed by atoms with Crippen molar-refractivity contribution in [2.75, 3.05) is 13.7 Å². The summed E-state index contributed by atoms with van der Waals surface area (Å²) in [5.74, 6) is -0.0862. The zero-order chi connectivity index (χ0) is 29.8. The van der Waals surface area contributed by atoms with Crippen LogP contribution < -0.4 is 24.4 Å². The lowest BCUT2D eigenvalue weighted by Gasteiger charge is -2.24. The van der Waals surface area contributed by atoms with Crippen molar-refractivity contribution in [1.82, 2.24) is 4.57 Å².